The number of para-hydroxylation sites is 2. The molecule has 1 saturated heterocycles. The fourth-order valence-electron chi connectivity index (χ4n) is 3.90. The van der Waals surface area contributed by atoms with Crippen molar-refractivity contribution >= 4 is 28.4 Å². The molecule has 0 bridgehead atoms. The number of ether oxygens (including phenoxy) is 1. The van der Waals surface area contributed by atoms with Gasteiger partial charge in [0, 0.05) is 24.2 Å². The van der Waals surface area contributed by atoms with E-state index in [2.05, 4.69) is 10.3 Å². The highest BCUT2D eigenvalue weighted by Crippen LogP contribution is 2.24. The van der Waals surface area contributed by atoms with E-state index in [9.17, 15) is 9.59 Å². The van der Waals surface area contributed by atoms with Crippen molar-refractivity contribution in [2.24, 2.45) is 0 Å². The second kappa shape index (κ2) is 8.63. The molecule has 2 aromatic carbocycles. The number of nitrogens with one attached hydrogen (secondary N) is 1. The molecule has 0 spiro atoms. The van der Waals surface area contributed by atoms with Crippen LogP contribution < -0.4 is 5.32 Å². The molecule has 30 heavy (non-hydrogen) atoms. The first-order valence-corrected chi connectivity index (χ1v) is 10.2. The van der Waals surface area contributed by atoms with Crippen molar-refractivity contribution in [3.8, 4) is 0 Å². The Labute approximate surface area is 175 Å². The molecule has 1 N–H and O–H groups in total. The van der Waals surface area contributed by atoms with Gasteiger partial charge < -0.3 is 15.0 Å². The smallest absolute Gasteiger partial charge is 0.256 e. The zero-order chi connectivity index (χ0) is 21.1. The first-order chi connectivity index (χ1) is 14.5. The lowest BCUT2D eigenvalue weighted by atomic mass is 9.99. The third-order valence-corrected chi connectivity index (χ3v) is 5.55. The number of rotatable bonds is 4. The van der Waals surface area contributed by atoms with Crippen LogP contribution >= 0.6 is 0 Å². The van der Waals surface area contributed by atoms with Gasteiger partial charge in [0.15, 0.2) is 0 Å². The minimum atomic E-state index is -0.166. The minimum Gasteiger partial charge on any atom is -0.378 e. The van der Waals surface area contributed by atoms with Gasteiger partial charge in [0.05, 0.1) is 36.4 Å². The third-order valence-electron chi connectivity index (χ3n) is 5.55. The number of amides is 2. The average Bonchev–Trinajstić information content (AvgIpc) is 2.77. The van der Waals surface area contributed by atoms with Crippen LogP contribution in [0.4, 0.5) is 5.69 Å². The van der Waals surface area contributed by atoms with Crippen molar-refractivity contribution in [3.05, 3.63) is 70.9 Å². The highest BCUT2D eigenvalue weighted by Gasteiger charge is 2.22. The molecule has 0 radical (unpaired) electrons. The van der Waals surface area contributed by atoms with Crippen LogP contribution in [-0.4, -0.2) is 48.0 Å². The number of morpholine rings is 1. The topological polar surface area (TPSA) is 71.5 Å². The van der Waals surface area contributed by atoms with E-state index in [0.717, 1.165) is 27.7 Å². The zero-order valence-corrected chi connectivity index (χ0v) is 17.3. The number of pyridine rings is 1. The van der Waals surface area contributed by atoms with E-state index in [-0.39, 0.29) is 18.2 Å². The number of carbonyl (C=O) groups excluding carboxylic acids is 2. The lowest BCUT2D eigenvalue weighted by Gasteiger charge is -2.27. The van der Waals surface area contributed by atoms with Crippen LogP contribution in [0.3, 0.4) is 0 Å². The van der Waals surface area contributed by atoms with Gasteiger partial charge in [0.1, 0.15) is 0 Å². The Balaban J connectivity index is 1.55. The fraction of sp³-hybridized carbons (Fsp3) is 0.292. The quantitative estimate of drug-likeness (QED) is 0.724. The first kappa shape index (κ1) is 20.0. The first-order valence-electron chi connectivity index (χ1n) is 10.2. The summed E-state index contributed by atoms with van der Waals surface area (Å²) in [5, 5.41) is 3.99. The van der Waals surface area contributed by atoms with Crippen LogP contribution in [0.5, 0.6) is 0 Å². The molecule has 6 heteroatoms. The Bertz CT molecular complexity index is 1100. The molecule has 0 saturated carbocycles. The van der Waals surface area contributed by atoms with Crippen molar-refractivity contribution < 1.29 is 14.3 Å². The Morgan fingerprint density at radius 2 is 1.73 bits per heavy atom. The van der Waals surface area contributed by atoms with Gasteiger partial charge in [-0.05, 0) is 43.2 Å². The van der Waals surface area contributed by atoms with Crippen LogP contribution in [0.1, 0.15) is 27.2 Å². The Hall–Kier alpha value is -3.25. The van der Waals surface area contributed by atoms with E-state index in [4.69, 9.17) is 4.74 Å². The van der Waals surface area contributed by atoms with E-state index in [1.54, 1.807) is 17.0 Å². The van der Waals surface area contributed by atoms with Gasteiger partial charge in [0.25, 0.3) is 5.91 Å². The van der Waals surface area contributed by atoms with E-state index in [1.165, 1.54) is 0 Å². The summed E-state index contributed by atoms with van der Waals surface area (Å²) in [6.07, 6.45) is 0.204. The van der Waals surface area contributed by atoms with E-state index < -0.39 is 0 Å². The number of hydrogen-bond donors (Lipinski definition) is 1. The maximum atomic E-state index is 12.9. The summed E-state index contributed by atoms with van der Waals surface area (Å²) in [6, 6.07) is 15.1. The summed E-state index contributed by atoms with van der Waals surface area (Å²) in [5.41, 5.74) is 4.78. The summed E-state index contributed by atoms with van der Waals surface area (Å²) in [7, 11) is 0. The summed E-state index contributed by atoms with van der Waals surface area (Å²) in [5.74, 6) is -0.255. The number of hydrogen-bond acceptors (Lipinski definition) is 4. The molecule has 3 aromatic rings. The van der Waals surface area contributed by atoms with Gasteiger partial charge >= 0.3 is 0 Å². The highest BCUT2D eigenvalue weighted by atomic mass is 16.5. The third kappa shape index (κ3) is 4.04. The molecule has 1 aliphatic heterocycles. The zero-order valence-electron chi connectivity index (χ0n) is 17.3. The Morgan fingerprint density at radius 3 is 2.53 bits per heavy atom. The SMILES string of the molecule is Cc1nc2ccccc2c(C)c1CC(=O)Nc1ccccc1C(=O)N1CCOCC1. The van der Waals surface area contributed by atoms with Gasteiger partial charge in [-0.25, -0.2) is 0 Å². The van der Waals surface area contributed by atoms with Gasteiger partial charge in [-0.1, -0.05) is 30.3 Å². The summed E-state index contributed by atoms with van der Waals surface area (Å²) in [4.78, 5) is 32.2. The molecule has 154 valence electrons. The standard InChI is InChI=1S/C24H25N3O3/c1-16-18-7-3-5-9-21(18)25-17(2)20(16)15-23(28)26-22-10-6-4-8-19(22)24(29)27-11-13-30-14-12-27/h3-10H,11-15H2,1-2H3,(H,26,28). The molecule has 0 atom stereocenters. The molecule has 6 nitrogen and oxygen atoms in total. The van der Waals surface area contributed by atoms with Crippen molar-refractivity contribution in [1.82, 2.24) is 9.88 Å². The number of fused-ring (bicyclic) bond motifs is 1. The Kier molecular flexibility index (Phi) is 5.77. The molecular formula is C24H25N3O3. The summed E-state index contributed by atoms with van der Waals surface area (Å²) in [6.45, 7) is 6.14. The van der Waals surface area contributed by atoms with Gasteiger partial charge in [-0.3, -0.25) is 14.6 Å². The summed E-state index contributed by atoms with van der Waals surface area (Å²) >= 11 is 0. The minimum absolute atomic E-state index is 0.0890. The second-order valence-electron chi connectivity index (χ2n) is 7.49. The highest BCUT2D eigenvalue weighted by molar-refractivity contribution is 6.04. The average molecular weight is 403 g/mol. The van der Waals surface area contributed by atoms with E-state index in [0.29, 0.717) is 37.6 Å². The molecule has 0 unspecified atom stereocenters. The normalized spacial score (nSPS) is 14.0. The lowest BCUT2D eigenvalue weighted by Crippen LogP contribution is -2.41. The van der Waals surface area contributed by atoms with Gasteiger partial charge in [0.2, 0.25) is 5.91 Å². The Morgan fingerprint density at radius 1 is 1.03 bits per heavy atom. The van der Waals surface area contributed by atoms with Crippen LogP contribution in [0.25, 0.3) is 10.9 Å². The molecule has 2 amide bonds. The van der Waals surface area contributed by atoms with Gasteiger partial charge in [-0.2, -0.15) is 0 Å². The number of carbonyl (C=O) groups is 2. The number of benzene rings is 2. The number of nitrogens with zero attached hydrogens (tertiary/aromatic N) is 2. The molecule has 1 aromatic heterocycles. The van der Waals surface area contributed by atoms with Crippen molar-refractivity contribution in [3.63, 3.8) is 0 Å². The monoisotopic (exact) mass is 403 g/mol. The largest absolute Gasteiger partial charge is 0.378 e. The maximum Gasteiger partial charge on any atom is 0.256 e. The van der Waals surface area contributed by atoms with Crippen LogP contribution in [0, 0.1) is 13.8 Å². The predicted octanol–water partition coefficient (Wildman–Crippen LogP) is 3.51. The van der Waals surface area contributed by atoms with Crippen molar-refractivity contribution in [2.45, 2.75) is 20.3 Å². The summed E-state index contributed by atoms with van der Waals surface area (Å²) < 4.78 is 5.33. The molecule has 2 heterocycles. The van der Waals surface area contributed by atoms with Gasteiger partial charge in [-0.15, -0.1) is 0 Å². The van der Waals surface area contributed by atoms with Crippen LogP contribution in [0.15, 0.2) is 48.5 Å². The van der Waals surface area contributed by atoms with E-state index >= 15 is 0 Å². The fourth-order valence-corrected chi connectivity index (χ4v) is 3.90. The van der Waals surface area contributed by atoms with Crippen molar-refractivity contribution in [2.75, 3.05) is 31.6 Å². The van der Waals surface area contributed by atoms with Crippen molar-refractivity contribution in [1.29, 1.82) is 0 Å². The lowest BCUT2D eigenvalue weighted by molar-refractivity contribution is -0.115. The second-order valence-corrected chi connectivity index (χ2v) is 7.49. The molecular weight excluding hydrogens is 378 g/mol. The molecule has 0 aliphatic carbocycles. The predicted molar refractivity (Wildman–Crippen MR) is 117 cm³/mol. The number of anilines is 1. The number of aromatic nitrogens is 1. The number of aryl methyl sites for hydroxylation is 2. The molecule has 4 rings (SSSR count). The van der Waals surface area contributed by atoms with Crippen LogP contribution in [-0.2, 0) is 16.0 Å². The van der Waals surface area contributed by atoms with E-state index in [1.807, 2.05) is 50.2 Å². The maximum absolute atomic E-state index is 12.9. The molecule has 1 fully saturated rings. The van der Waals surface area contributed by atoms with Crippen LogP contribution in [0.2, 0.25) is 0 Å². The molecule has 1 aliphatic rings.